The van der Waals surface area contributed by atoms with Crippen LogP contribution in [0.2, 0.25) is 0 Å². The second-order valence-electron chi connectivity index (χ2n) is 5.13. The molecule has 0 N–H and O–H groups in total. The molecule has 3 rings (SSSR count). The van der Waals surface area contributed by atoms with E-state index in [1.807, 2.05) is 6.07 Å². The van der Waals surface area contributed by atoms with Gasteiger partial charge in [-0.2, -0.15) is 0 Å². The van der Waals surface area contributed by atoms with E-state index in [9.17, 15) is 14.9 Å². The predicted molar refractivity (Wildman–Crippen MR) is 89.2 cm³/mol. The number of nitro benzene ring substituents is 1. The highest BCUT2D eigenvalue weighted by Gasteiger charge is 2.33. The zero-order valence-electron chi connectivity index (χ0n) is 12.3. The third kappa shape index (κ3) is 2.79. The monoisotopic (exact) mass is 376 g/mol. The number of carbonyl (C=O) groups excluding carboxylic acids is 1. The van der Waals surface area contributed by atoms with Gasteiger partial charge in [0, 0.05) is 22.6 Å². The van der Waals surface area contributed by atoms with Gasteiger partial charge in [0.1, 0.15) is 11.4 Å². The third-order valence-electron chi connectivity index (χ3n) is 3.79. The van der Waals surface area contributed by atoms with Gasteiger partial charge in [-0.05, 0) is 42.3 Å². The highest BCUT2D eigenvalue weighted by atomic mass is 79.9. The molecule has 23 heavy (non-hydrogen) atoms. The van der Waals surface area contributed by atoms with Crippen LogP contribution in [0.4, 0.5) is 11.4 Å². The molecule has 0 saturated carbocycles. The molecule has 118 valence electrons. The molecular formula is C16H13BrN2O4. The second-order valence-corrected chi connectivity index (χ2v) is 6.04. The number of amides is 1. The standard InChI is InChI=1S/C16H13BrN2O4/c1-23-13-4-2-10(3-5-13)16(20)18-7-6-11-8-12(17)9-14(15(11)18)19(21)22/h2-5,8-9H,6-7H2,1H3. The molecule has 0 radical (unpaired) electrons. The molecule has 1 amide bonds. The van der Waals surface area contributed by atoms with E-state index in [4.69, 9.17) is 4.74 Å². The Morgan fingerprint density at radius 2 is 2.00 bits per heavy atom. The van der Waals surface area contributed by atoms with Gasteiger partial charge in [-0.1, -0.05) is 15.9 Å². The molecule has 0 saturated heterocycles. The van der Waals surface area contributed by atoms with Crippen molar-refractivity contribution >= 4 is 33.2 Å². The van der Waals surface area contributed by atoms with Crippen LogP contribution in [0.5, 0.6) is 5.75 Å². The van der Waals surface area contributed by atoms with Crippen molar-refractivity contribution in [2.75, 3.05) is 18.6 Å². The summed E-state index contributed by atoms with van der Waals surface area (Å²) in [5, 5.41) is 11.3. The zero-order valence-corrected chi connectivity index (χ0v) is 13.9. The van der Waals surface area contributed by atoms with Gasteiger partial charge in [0.2, 0.25) is 0 Å². The first kappa shape index (κ1) is 15.5. The number of hydrogen-bond acceptors (Lipinski definition) is 4. The Morgan fingerprint density at radius 3 is 2.61 bits per heavy atom. The van der Waals surface area contributed by atoms with Gasteiger partial charge in [-0.15, -0.1) is 0 Å². The number of nitrogens with zero attached hydrogens (tertiary/aromatic N) is 2. The molecule has 1 aliphatic rings. The number of carbonyl (C=O) groups is 1. The van der Waals surface area contributed by atoms with Crippen molar-refractivity contribution in [3.8, 4) is 5.75 Å². The number of hydrogen-bond donors (Lipinski definition) is 0. The molecule has 0 fully saturated rings. The minimum absolute atomic E-state index is 0.0614. The summed E-state index contributed by atoms with van der Waals surface area (Å²) < 4.78 is 5.72. The highest BCUT2D eigenvalue weighted by molar-refractivity contribution is 9.10. The molecule has 1 aliphatic heterocycles. The number of rotatable bonds is 3. The lowest BCUT2D eigenvalue weighted by molar-refractivity contribution is -0.384. The molecule has 2 aromatic rings. The zero-order chi connectivity index (χ0) is 16.6. The quantitative estimate of drug-likeness (QED) is 0.606. The summed E-state index contributed by atoms with van der Waals surface area (Å²) in [6.45, 7) is 0.428. The van der Waals surface area contributed by atoms with E-state index in [2.05, 4.69) is 15.9 Å². The lowest BCUT2D eigenvalue weighted by atomic mass is 10.1. The summed E-state index contributed by atoms with van der Waals surface area (Å²) >= 11 is 3.28. The summed E-state index contributed by atoms with van der Waals surface area (Å²) in [4.78, 5) is 25.1. The smallest absolute Gasteiger partial charge is 0.294 e. The largest absolute Gasteiger partial charge is 0.497 e. The van der Waals surface area contributed by atoms with E-state index >= 15 is 0 Å². The van der Waals surface area contributed by atoms with E-state index in [1.165, 1.54) is 11.0 Å². The topological polar surface area (TPSA) is 72.7 Å². The van der Waals surface area contributed by atoms with Crippen molar-refractivity contribution in [1.82, 2.24) is 0 Å². The molecule has 0 bridgehead atoms. The molecule has 2 aromatic carbocycles. The fourth-order valence-corrected chi connectivity index (χ4v) is 3.21. The van der Waals surface area contributed by atoms with Gasteiger partial charge in [0.25, 0.3) is 11.6 Å². The Kier molecular flexibility index (Phi) is 4.04. The van der Waals surface area contributed by atoms with Crippen LogP contribution in [0.15, 0.2) is 40.9 Å². The molecule has 7 heteroatoms. The number of nitro groups is 1. The predicted octanol–water partition coefficient (Wildman–Crippen LogP) is 3.57. The fourth-order valence-electron chi connectivity index (χ4n) is 2.72. The first-order chi connectivity index (χ1) is 11.0. The molecule has 0 atom stereocenters. The van der Waals surface area contributed by atoms with Crippen molar-refractivity contribution in [2.45, 2.75) is 6.42 Å². The van der Waals surface area contributed by atoms with Crippen molar-refractivity contribution in [2.24, 2.45) is 0 Å². The first-order valence-corrected chi connectivity index (χ1v) is 7.73. The van der Waals surface area contributed by atoms with E-state index in [-0.39, 0.29) is 11.6 Å². The van der Waals surface area contributed by atoms with E-state index < -0.39 is 4.92 Å². The summed E-state index contributed by atoms with van der Waals surface area (Å²) in [5.41, 5.74) is 1.59. The molecular weight excluding hydrogens is 364 g/mol. The summed E-state index contributed by atoms with van der Waals surface area (Å²) in [6, 6.07) is 9.95. The maximum Gasteiger partial charge on any atom is 0.294 e. The normalized spacial score (nSPS) is 12.9. The molecule has 6 nitrogen and oxygen atoms in total. The Morgan fingerprint density at radius 1 is 1.30 bits per heavy atom. The number of anilines is 1. The Balaban J connectivity index is 2.01. The molecule has 0 spiro atoms. The van der Waals surface area contributed by atoms with E-state index in [1.54, 1.807) is 31.4 Å². The van der Waals surface area contributed by atoms with Crippen LogP contribution in [-0.4, -0.2) is 24.5 Å². The maximum absolute atomic E-state index is 12.7. The fraction of sp³-hybridized carbons (Fsp3) is 0.188. The van der Waals surface area contributed by atoms with Gasteiger partial charge < -0.3 is 9.64 Å². The van der Waals surface area contributed by atoms with Crippen LogP contribution in [-0.2, 0) is 6.42 Å². The van der Waals surface area contributed by atoms with Gasteiger partial charge >= 0.3 is 0 Å². The Hall–Kier alpha value is -2.41. The van der Waals surface area contributed by atoms with Crippen molar-refractivity contribution < 1.29 is 14.5 Å². The van der Waals surface area contributed by atoms with Gasteiger partial charge in [-0.25, -0.2) is 0 Å². The van der Waals surface area contributed by atoms with Crippen molar-refractivity contribution in [3.63, 3.8) is 0 Å². The summed E-state index contributed by atoms with van der Waals surface area (Å²) in [6.07, 6.45) is 0.595. The number of ether oxygens (including phenoxy) is 1. The minimum Gasteiger partial charge on any atom is -0.497 e. The van der Waals surface area contributed by atoms with Crippen LogP contribution in [0.1, 0.15) is 15.9 Å². The van der Waals surface area contributed by atoms with Gasteiger partial charge in [0.15, 0.2) is 0 Å². The van der Waals surface area contributed by atoms with Crippen LogP contribution < -0.4 is 9.64 Å². The molecule has 0 aliphatic carbocycles. The lowest BCUT2D eigenvalue weighted by Crippen LogP contribution is -2.29. The SMILES string of the molecule is COc1ccc(C(=O)N2CCc3cc(Br)cc([N+](=O)[O-])c32)cc1. The van der Waals surface area contributed by atoms with Crippen LogP contribution in [0.3, 0.4) is 0 Å². The van der Waals surface area contributed by atoms with Gasteiger partial charge in [-0.3, -0.25) is 14.9 Å². The summed E-state index contributed by atoms with van der Waals surface area (Å²) in [7, 11) is 1.55. The molecule has 0 unspecified atom stereocenters. The minimum atomic E-state index is -0.455. The number of methoxy groups -OCH3 is 1. The van der Waals surface area contributed by atoms with Crippen LogP contribution in [0.25, 0.3) is 0 Å². The Labute approximate surface area is 140 Å². The number of halogens is 1. The third-order valence-corrected chi connectivity index (χ3v) is 4.24. The molecule has 1 heterocycles. The number of fused-ring (bicyclic) bond motifs is 1. The van der Waals surface area contributed by atoms with Gasteiger partial charge in [0.05, 0.1) is 12.0 Å². The second kappa shape index (κ2) is 6.00. The number of benzene rings is 2. The van der Waals surface area contributed by atoms with E-state index in [0.29, 0.717) is 34.4 Å². The lowest BCUT2D eigenvalue weighted by Gasteiger charge is -2.17. The van der Waals surface area contributed by atoms with Crippen LogP contribution in [0, 0.1) is 10.1 Å². The average Bonchev–Trinajstić information content (AvgIpc) is 2.96. The van der Waals surface area contributed by atoms with Crippen molar-refractivity contribution in [3.05, 3.63) is 62.1 Å². The highest BCUT2D eigenvalue weighted by Crippen LogP contribution is 2.40. The molecule has 0 aromatic heterocycles. The van der Waals surface area contributed by atoms with E-state index in [0.717, 1.165) is 5.56 Å². The first-order valence-electron chi connectivity index (χ1n) is 6.94. The van der Waals surface area contributed by atoms with Crippen LogP contribution >= 0.6 is 15.9 Å². The summed E-state index contributed by atoms with van der Waals surface area (Å²) in [5.74, 6) is 0.398. The maximum atomic E-state index is 12.7. The Bertz CT molecular complexity index is 789. The van der Waals surface area contributed by atoms with Crippen molar-refractivity contribution in [1.29, 1.82) is 0 Å². The average molecular weight is 377 g/mol.